The monoisotopic (exact) mass is 336 g/mol. The van der Waals surface area contributed by atoms with E-state index in [0.717, 1.165) is 21.2 Å². The summed E-state index contributed by atoms with van der Waals surface area (Å²) in [5.74, 6) is 0.862. The molecule has 0 spiro atoms. The Morgan fingerprint density at radius 3 is 2.65 bits per heavy atom. The second-order valence-corrected chi connectivity index (χ2v) is 5.53. The molecule has 0 radical (unpaired) electrons. The SMILES string of the molecule is O=C(O)N1CCN(c2ncnc3ccc(Br)cc23)CC1. The zero-order valence-electron chi connectivity index (χ0n) is 10.7. The van der Waals surface area contributed by atoms with Gasteiger partial charge in [-0.25, -0.2) is 14.8 Å². The number of fused-ring (bicyclic) bond motifs is 1. The molecule has 7 heteroatoms. The van der Waals surface area contributed by atoms with Crippen LogP contribution in [-0.4, -0.2) is 52.2 Å². The fourth-order valence-electron chi connectivity index (χ4n) is 2.38. The molecule has 0 saturated carbocycles. The molecule has 1 aliphatic heterocycles. The maximum absolute atomic E-state index is 10.9. The van der Waals surface area contributed by atoms with Crippen LogP contribution in [0.2, 0.25) is 0 Å². The second-order valence-electron chi connectivity index (χ2n) is 4.62. The van der Waals surface area contributed by atoms with Crippen LogP contribution in [0.1, 0.15) is 0 Å². The van der Waals surface area contributed by atoms with Crippen LogP contribution in [0.5, 0.6) is 0 Å². The number of amides is 1. The predicted molar refractivity (Wildman–Crippen MR) is 79.0 cm³/mol. The molecule has 3 rings (SSSR count). The third-order valence-electron chi connectivity index (χ3n) is 3.43. The Hall–Kier alpha value is -1.89. The third-order valence-corrected chi connectivity index (χ3v) is 3.92. The van der Waals surface area contributed by atoms with E-state index >= 15 is 0 Å². The van der Waals surface area contributed by atoms with Crippen molar-refractivity contribution in [2.75, 3.05) is 31.1 Å². The van der Waals surface area contributed by atoms with E-state index in [1.165, 1.54) is 4.90 Å². The minimum absolute atomic E-state index is 0.495. The molecule has 2 aromatic rings. The maximum atomic E-state index is 10.9. The molecule has 1 aromatic heterocycles. The van der Waals surface area contributed by atoms with Gasteiger partial charge < -0.3 is 14.9 Å². The van der Waals surface area contributed by atoms with Crippen LogP contribution in [0.3, 0.4) is 0 Å². The Labute approximate surface area is 124 Å². The van der Waals surface area contributed by atoms with Crippen molar-refractivity contribution in [2.45, 2.75) is 0 Å². The minimum Gasteiger partial charge on any atom is -0.465 e. The molecule has 1 amide bonds. The van der Waals surface area contributed by atoms with Crippen LogP contribution in [0.25, 0.3) is 10.9 Å². The van der Waals surface area contributed by atoms with Crippen molar-refractivity contribution in [3.63, 3.8) is 0 Å². The maximum Gasteiger partial charge on any atom is 0.407 e. The Morgan fingerprint density at radius 1 is 1.20 bits per heavy atom. The van der Waals surface area contributed by atoms with E-state index in [0.29, 0.717) is 26.2 Å². The summed E-state index contributed by atoms with van der Waals surface area (Å²) in [6.07, 6.45) is 0.690. The molecule has 1 N–H and O–H groups in total. The molecule has 6 nitrogen and oxygen atoms in total. The van der Waals surface area contributed by atoms with Crippen molar-refractivity contribution in [3.8, 4) is 0 Å². The molecule has 0 bridgehead atoms. The van der Waals surface area contributed by atoms with E-state index < -0.39 is 6.09 Å². The van der Waals surface area contributed by atoms with Crippen LogP contribution in [0.15, 0.2) is 29.0 Å². The van der Waals surface area contributed by atoms with E-state index in [9.17, 15) is 4.79 Å². The Bertz CT molecular complexity index is 656. The summed E-state index contributed by atoms with van der Waals surface area (Å²) in [7, 11) is 0. The van der Waals surface area contributed by atoms with Crippen molar-refractivity contribution >= 4 is 38.7 Å². The topological polar surface area (TPSA) is 69.6 Å². The lowest BCUT2D eigenvalue weighted by atomic mass is 10.2. The van der Waals surface area contributed by atoms with Crippen LogP contribution >= 0.6 is 15.9 Å². The van der Waals surface area contributed by atoms with Gasteiger partial charge in [-0.1, -0.05) is 15.9 Å². The highest BCUT2D eigenvalue weighted by atomic mass is 79.9. The highest BCUT2D eigenvalue weighted by Gasteiger charge is 2.22. The van der Waals surface area contributed by atoms with E-state index in [4.69, 9.17) is 5.11 Å². The van der Waals surface area contributed by atoms with E-state index in [-0.39, 0.29) is 0 Å². The number of hydrogen-bond acceptors (Lipinski definition) is 4. The molecule has 2 heterocycles. The number of carboxylic acid groups (broad SMARTS) is 1. The van der Waals surface area contributed by atoms with Crippen molar-refractivity contribution in [2.24, 2.45) is 0 Å². The van der Waals surface area contributed by atoms with Gasteiger partial charge >= 0.3 is 6.09 Å². The molecular weight excluding hydrogens is 324 g/mol. The lowest BCUT2D eigenvalue weighted by Gasteiger charge is -2.34. The second kappa shape index (κ2) is 5.24. The summed E-state index contributed by atoms with van der Waals surface area (Å²) < 4.78 is 0.977. The molecule has 1 aliphatic rings. The number of nitrogens with zero attached hydrogens (tertiary/aromatic N) is 4. The molecule has 1 aromatic carbocycles. The summed E-state index contributed by atoms with van der Waals surface area (Å²) in [6, 6.07) is 5.88. The molecule has 0 unspecified atom stereocenters. The summed E-state index contributed by atoms with van der Waals surface area (Å²) in [5, 5.41) is 9.96. The van der Waals surface area contributed by atoms with Crippen molar-refractivity contribution < 1.29 is 9.90 Å². The summed E-state index contributed by atoms with van der Waals surface area (Å²) in [6.45, 7) is 2.28. The fourth-order valence-corrected chi connectivity index (χ4v) is 2.74. The lowest BCUT2D eigenvalue weighted by molar-refractivity contribution is 0.142. The number of aromatic nitrogens is 2. The average Bonchev–Trinajstić information content (AvgIpc) is 2.46. The third kappa shape index (κ3) is 2.40. The molecule has 0 aliphatic carbocycles. The first-order valence-electron chi connectivity index (χ1n) is 6.28. The van der Waals surface area contributed by atoms with Crippen molar-refractivity contribution in [1.82, 2.24) is 14.9 Å². The van der Waals surface area contributed by atoms with Crippen LogP contribution in [0, 0.1) is 0 Å². The normalized spacial score (nSPS) is 15.7. The van der Waals surface area contributed by atoms with Gasteiger partial charge in [-0.05, 0) is 18.2 Å². The summed E-state index contributed by atoms with van der Waals surface area (Å²) in [4.78, 5) is 23.1. The fraction of sp³-hybridized carbons (Fsp3) is 0.308. The lowest BCUT2D eigenvalue weighted by Crippen LogP contribution is -2.48. The standard InChI is InChI=1S/C13H13BrN4O2/c14-9-1-2-11-10(7-9)12(16-8-15-11)17-3-5-18(6-4-17)13(19)20/h1-2,7-8H,3-6H2,(H,19,20). The number of piperazine rings is 1. The van der Waals surface area contributed by atoms with Crippen LogP contribution < -0.4 is 4.90 Å². The van der Waals surface area contributed by atoms with Gasteiger partial charge in [-0.3, -0.25) is 0 Å². The first-order valence-corrected chi connectivity index (χ1v) is 7.07. The number of carbonyl (C=O) groups is 1. The number of halogens is 1. The average molecular weight is 337 g/mol. The number of anilines is 1. The molecule has 1 fully saturated rings. The van der Waals surface area contributed by atoms with E-state index in [1.54, 1.807) is 6.33 Å². The molecule has 1 saturated heterocycles. The number of hydrogen-bond donors (Lipinski definition) is 1. The Morgan fingerprint density at radius 2 is 1.95 bits per heavy atom. The van der Waals surface area contributed by atoms with Gasteiger partial charge in [0.15, 0.2) is 0 Å². The van der Waals surface area contributed by atoms with Crippen molar-refractivity contribution in [3.05, 3.63) is 29.0 Å². The first kappa shape index (κ1) is 13.1. The Balaban J connectivity index is 1.91. The summed E-state index contributed by atoms with van der Waals surface area (Å²) in [5.41, 5.74) is 0.888. The highest BCUT2D eigenvalue weighted by molar-refractivity contribution is 9.10. The first-order chi connectivity index (χ1) is 9.65. The van der Waals surface area contributed by atoms with Gasteiger partial charge in [0.25, 0.3) is 0 Å². The zero-order chi connectivity index (χ0) is 14.1. The van der Waals surface area contributed by atoms with Gasteiger partial charge in [0.2, 0.25) is 0 Å². The number of benzene rings is 1. The van der Waals surface area contributed by atoms with E-state index in [2.05, 4.69) is 30.8 Å². The van der Waals surface area contributed by atoms with Gasteiger partial charge in [0.05, 0.1) is 5.52 Å². The molecule has 104 valence electrons. The van der Waals surface area contributed by atoms with Crippen LogP contribution in [0.4, 0.5) is 10.6 Å². The highest BCUT2D eigenvalue weighted by Crippen LogP contribution is 2.26. The summed E-state index contributed by atoms with van der Waals surface area (Å²) >= 11 is 3.46. The van der Waals surface area contributed by atoms with Gasteiger partial charge in [-0.2, -0.15) is 0 Å². The number of rotatable bonds is 1. The molecule has 0 atom stereocenters. The zero-order valence-corrected chi connectivity index (χ0v) is 12.2. The van der Waals surface area contributed by atoms with Gasteiger partial charge in [0, 0.05) is 36.0 Å². The predicted octanol–water partition coefficient (Wildman–Crippen LogP) is 2.19. The Kier molecular flexibility index (Phi) is 3.43. The van der Waals surface area contributed by atoms with Crippen molar-refractivity contribution in [1.29, 1.82) is 0 Å². The molecular formula is C13H13BrN4O2. The van der Waals surface area contributed by atoms with E-state index in [1.807, 2.05) is 18.2 Å². The quantitative estimate of drug-likeness (QED) is 0.864. The van der Waals surface area contributed by atoms with Gasteiger partial charge in [0.1, 0.15) is 12.1 Å². The van der Waals surface area contributed by atoms with Crippen LogP contribution in [-0.2, 0) is 0 Å². The van der Waals surface area contributed by atoms with Gasteiger partial charge in [-0.15, -0.1) is 0 Å². The smallest absolute Gasteiger partial charge is 0.407 e. The molecule has 20 heavy (non-hydrogen) atoms. The largest absolute Gasteiger partial charge is 0.465 e. The minimum atomic E-state index is -0.861.